The Bertz CT molecular complexity index is 888. The first-order chi connectivity index (χ1) is 12.3. The van der Waals surface area contributed by atoms with E-state index in [2.05, 4.69) is 28.2 Å². The van der Waals surface area contributed by atoms with E-state index in [0.717, 1.165) is 60.5 Å². The molecule has 5 nitrogen and oxygen atoms in total. The summed E-state index contributed by atoms with van der Waals surface area (Å²) in [6, 6.07) is 4.25. The molecule has 3 aromatic rings. The van der Waals surface area contributed by atoms with Gasteiger partial charge in [-0.1, -0.05) is 17.7 Å². The second-order valence-electron chi connectivity index (χ2n) is 6.55. The van der Waals surface area contributed by atoms with Gasteiger partial charge >= 0.3 is 0 Å². The smallest absolute Gasteiger partial charge is 0.103 e. The molecule has 0 atom stereocenters. The van der Waals surface area contributed by atoms with Crippen molar-refractivity contribution >= 4 is 22.5 Å². The number of aromatic nitrogens is 4. The number of rotatable bonds is 5. The number of halogens is 1. The highest BCUT2D eigenvalue weighted by Crippen LogP contribution is 2.34. The minimum atomic E-state index is 0.511. The van der Waals surface area contributed by atoms with Crippen LogP contribution in [0, 0.1) is 0 Å². The third kappa shape index (κ3) is 3.22. The summed E-state index contributed by atoms with van der Waals surface area (Å²) in [5, 5.41) is 14.3. The molecular weight excluding hydrogens is 334 g/mol. The van der Waals surface area contributed by atoms with Gasteiger partial charge in [-0.05, 0) is 56.0 Å². The molecule has 2 aromatic heterocycles. The van der Waals surface area contributed by atoms with E-state index in [9.17, 15) is 0 Å². The number of fused-ring (bicyclic) bond motifs is 1. The van der Waals surface area contributed by atoms with Gasteiger partial charge < -0.3 is 5.32 Å². The zero-order valence-corrected chi connectivity index (χ0v) is 14.9. The first kappa shape index (κ1) is 16.4. The Kier molecular flexibility index (Phi) is 4.59. The lowest BCUT2D eigenvalue weighted by atomic mass is 9.90. The average molecular weight is 356 g/mol. The van der Waals surface area contributed by atoms with Crippen LogP contribution in [0.3, 0.4) is 0 Å². The molecule has 6 heteroatoms. The number of hydrogen-bond donors (Lipinski definition) is 1. The fourth-order valence-corrected chi connectivity index (χ4v) is 3.85. The van der Waals surface area contributed by atoms with E-state index in [-0.39, 0.29) is 0 Å². The second-order valence-corrected chi connectivity index (χ2v) is 6.96. The fraction of sp³-hybridized carbons (Fsp3) is 0.368. The highest BCUT2D eigenvalue weighted by molar-refractivity contribution is 6.32. The molecule has 25 heavy (non-hydrogen) atoms. The first-order valence-corrected chi connectivity index (χ1v) is 9.15. The normalized spacial score (nSPS) is 15.7. The van der Waals surface area contributed by atoms with Crippen molar-refractivity contribution in [2.45, 2.75) is 31.7 Å². The van der Waals surface area contributed by atoms with Crippen LogP contribution in [0.15, 0.2) is 43.4 Å². The number of piperidine rings is 1. The van der Waals surface area contributed by atoms with Crippen molar-refractivity contribution in [3.63, 3.8) is 0 Å². The van der Waals surface area contributed by atoms with Crippen molar-refractivity contribution < 1.29 is 0 Å². The van der Waals surface area contributed by atoms with Crippen LogP contribution < -0.4 is 5.32 Å². The summed E-state index contributed by atoms with van der Waals surface area (Å²) in [6.45, 7) is 6.69. The average Bonchev–Trinajstić information content (AvgIpc) is 3.26. The van der Waals surface area contributed by atoms with Gasteiger partial charge in [0.15, 0.2) is 0 Å². The molecule has 4 rings (SSSR count). The summed E-state index contributed by atoms with van der Waals surface area (Å²) in [4.78, 5) is 0. The van der Waals surface area contributed by atoms with Crippen molar-refractivity contribution in [2.24, 2.45) is 0 Å². The summed E-state index contributed by atoms with van der Waals surface area (Å²) in [7, 11) is 0. The fourth-order valence-electron chi connectivity index (χ4n) is 3.52. The van der Waals surface area contributed by atoms with Gasteiger partial charge in [0.25, 0.3) is 0 Å². The van der Waals surface area contributed by atoms with Crippen LogP contribution in [0.5, 0.6) is 0 Å². The van der Waals surface area contributed by atoms with Gasteiger partial charge in [-0.3, -0.25) is 4.68 Å². The predicted molar refractivity (Wildman–Crippen MR) is 102 cm³/mol. The molecule has 3 heterocycles. The molecule has 0 saturated carbocycles. The molecule has 1 aromatic carbocycles. The van der Waals surface area contributed by atoms with Crippen LogP contribution in [0.1, 0.15) is 30.7 Å². The third-order valence-corrected chi connectivity index (χ3v) is 5.22. The Hall–Kier alpha value is -2.11. The number of hydrogen-bond acceptors (Lipinski definition) is 3. The Balaban J connectivity index is 1.72. The van der Waals surface area contributed by atoms with Gasteiger partial charge in [0.1, 0.15) is 5.69 Å². The summed E-state index contributed by atoms with van der Waals surface area (Å²) in [5.41, 5.74) is 3.29. The topological polar surface area (TPSA) is 47.7 Å². The lowest BCUT2D eigenvalue weighted by molar-refractivity contribution is 0.461. The minimum absolute atomic E-state index is 0.511. The number of nitrogens with zero attached hydrogens (tertiary/aromatic N) is 4. The molecule has 1 fully saturated rings. The van der Waals surface area contributed by atoms with Crippen LogP contribution in [0.25, 0.3) is 16.6 Å². The molecular formula is C19H22ClN5. The van der Waals surface area contributed by atoms with Crippen molar-refractivity contribution in [3.8, 4) is 5.69 Å². The predicted octanol–water partition coefficient (Wildman–Crippen LogP) is 3.92. The van der Waals surface area contributed by atoms with Gasteiger partial charge in [-0.2, -0.15) is 10.2 Å². The standard InChI is InChI=1S/C19H22ClN5/c1-2-3-8-24-13-16(12-22-24)25-19-10-17(14-4-6-21-7-5-14)18(20)9-15(19)11-23-25/h2,9-14,21H,1,3-8H2. The third-order valence-electron chi connectivity index (χ3n) is 4.89. The maximum Gasteiger partial charge on any atom is 0.103 e. The SMILES string of the molecule is C=CCCn1cc(-n2ncc3cc(Cl)c(C4CCNCC4)cc32)cn1. The van der Waals surface area contributed by atoms with Crippen LogP contribution in [-0.2, 0) is 6.54 Å². The highest BCUT2D eigenvalue weighted by atomic mass is 35.5. The van der Waals surface area contributed by atoms with E-state index in [0.29, 0.717) is 5.92 Å². The van der Waals surface area contributed by atoms with Crippen LogP contribution in [0.2, 0.25) is 5.02 Å². The molecule has 0 amide bonds. The van der Waals surface area contributed by atoms with E-state index in [4.69, 9.17) is 11.6 Å². The minimum Gasteiger partial charge on any atom is -0.317 e. The van der Waals surface area contributed by atoms with Crippen LogP contribution >= 0.6 is 11.6 Å². The Morgan fingerprint density at radius 2 is 2.08 bits per heavy atom. The molecule has 130 valence electrons. The molecule has 0 aliphatic carbocycles. The molecule has 0 bridgehead atoms. The van der Waals surface area contributed by atoms with E-state index < -0.39 is 0 Å². The number of aryl methyl sites for hydroxylation is 1. The zero-order chi connectivity index (χ0) is 17.2. The molecule has 1 saturated heterocycles. The van der Waals surface area contributed by atoms with Gasteiger partial charge in [-0.15, -0.1) is 6.58 Å². The molecule has 0 spiro atoms. The number of nitrogens with one attached hydrogen (secondary N) is 1. The van der Waals surface area contributed by atoms with E-state index in [1.54, 1.807) is 0 Å². The summed E-state index contributed by atoms with van der Waals surface area (Å²) >= 11 is 6.57. The number of allylic oxidation sites excluding steroid dienone is 1. The van der Waals surface area contributed by atoms with Gasteiger partial charge in [0, 0.05) is 17.0 Å². The van der Waals surface area contributed by atoms with Gasteiger partial charge in [0.2, 0.25) is 0 Å². The molecule has 1 aliphatic rings. The van der Waals surface area contributed by atoms with E-state index >= 15 is 0 Å². The first-order valence-electron chi connectivity index (χ1n) is 8.78. The largest absolute Gasteiger partial charge is 0.317 e. The summed E-state index contributed by atoms with van der Waals surface area (Å²) in [6.07, 6.45) is 10.8. The lowest BCUT2D eigenvalue weighted by Crippen LogP contribution is -2.26. The molecule has 1 aliphatic heterocycles. The lowest BCUT2D eigenvalue weighted by Gasteiger charge is -2.24. The molecule has 0 radical (unpaired) electrons. The van der Waals surface area contributed by atoms with Crippen molar-refractivity contribution in [1.82, 2.24) is 24.9 Å². The summed E-state index contributed by atoms with van der Waals surface area (Å²) < 4.78 is 3.88. The molecule has 1 N–H and O–H groups in total. The van der Waals surface area contributed by atoms with E-state index in [1.165, 1.54) is 5.56 Å². The van der Waals surface area contributed by atoms with E-state index in [1.807, 2.05) is 40.1 Å². The van der Waals surface area contributed by atoms with Crippen molar-refractivity contribution in [3.05, 3.63) is 54.0 Å². The monoisotopic (exact) mass is 355 g/mol. The Labute approximate surface area is 152 Å². The van der Waals surface area contributed by atoms with Crippen molar-refractivity contribution in [1.29, 1.82) is 0 Å². The summed E-state index contributed by atoms with van der Waals surface area (Å²) in [5.74, 6) is 0.511. The van der Waals surface area contributed by atoms with Gasteiger partial charge in [0.05, 0.1) is 24.1 Å². The Morgan fingerprint density at radius 3 is 2.88 bits per heavy atom. The molecule has 0 unspecified atom stereocenters. The van der Waals surface area contributed by atoms with Gasteiger partial charge in [-0.25, -0.2) is 4.68 Å². The quantitative estimate of drug-likeness (QED) is 0.706. The van der Waals surface area contributed by atoms with Crippen molar-refractivity contribution in [2.75, 3.05) is 13.1 Å². The van der Waals surface area contributed by atoms with Crippen LogP contribution in [-0.4, -0.2) is 32.7 Å². The van der Waals surface area contributed by atoms with Crippen LogP contribution in [0.4, 0.5) is 0 Å². The zero-order valence-electron chi connectivity index (χ0n) is 14.2. The Morgan fingerprint density at radius 1 is 1.24 bits per heavy atom. The highest BCUT2D eigenvalue weighted by Gasteiger charge is 2.20. The maximum absolute atomic E-state index is 6.57. The number of benzene rings is 1. The maximum atomic E-state index is 6.57. The second kappa shape index (κ2) is 7.02.